The number of carbonyl (C=O) groups excluding carboxylic acids is 1. The fourth-order valence-corrected chi connectivity index (χ4v) is 2.27. The molecule has 0 saturated heterocycles. The topological polar surface area (TPSA) is 129 Å². The Kier molecular flexibility index (Phi) is 39.8. The van der Waals surface area contributed by atoms with Crippen molar-refractivity contribution in [3.8, 4) is 0 Å². The van der Waals surface area contributed by atoms with Crippen LogP contribution < -0.4 is 11.1 Å². The Balaban J connectivity index is -0.000000213. The third-order valence-corrected chi connectivity index (χ3v) is 4.52. The Morgan fingerprint density at radius 1 is 0.824 bits per heavy atom. The zero-order valence-electron chi connectivity index (χ0n) is 22.0. The zero-order valence-corrected chi connectivity index (χ0v) is 22.0. The average molecular weight is 497 g/mol. The number of nitrogens with two attached hydrogens (primary N) is 1. The molecule has 0 spiro atoms. The zero-order chi connectivity index (χ0) is 25.7. The summed E-state index contributed by atoms with van der Waals surface area (Å²) in [6.45, 7) is 12.7. The minimum atomic E-state index is -0.677. The average Bonchev–Trinajstić information content (AvgIpc) is 2.81. The standard InChI is InChI=1S/C12H25NO3.C7H14O2.C5H13NO2.CH4/c1-4-5-6-11(2)12(14)13-7-8-16-10-9-15-3;1-3-4-5-6(2)7(8)9;1-7-4-5-8-3-2-6;/h11H,4-10H2,1-3H3,(H,13,14);6H,3-5H2,1-2H3,(H,8,9);2-6H2,1H3;1H4. The van der Waals surface area contributed by atoms with Gasteiger partial charge in [-0.2, -0.15) is 0 Å². The van der Waals surface area contributed by atoms with Gasteiger partial charge in [-0.25, -0.2) is 0 Å². The SMILES string of the molecule is C.CCCCC(C)C(=O)NCCOCCOC.CCCCC(C)C(=O)O.COCCOCCN. The summed E-state index contributed by atoms with van der Waals surface area (Å²) in [6.07, 6.45) is 6.13. The molecule has 1 amide bonds. The lowest BCUT2D eigenvalue weighted by atomic mass is 10.0. The van der Waals surface area contributed by atoms with Crippen molar-refractivity contribution in [1.29, 1.82) is 0 Å². The maximum atomic E-state index is 11.5. The van der Waals surface area contributed by atoms with Crippen LogP contribution in [0.25, 0.3) is 0 Å². The number of carbonyl (C=O) groups is 2. The van der Waals surface area contributed by atoms with Gasteiger partial charge in [-0.15, -0.1) is 0 Å². The molecular formula is C25H56N2O7. The molecule has 0 aliphatic carbocycles. The Morgan fingerprint density at radius 3 is 1.71 bits per heavy atom. The van der Waals surface area contributed by atoms with Crippen LogP contribution in [0.2, 0.25) is 0 Å². The number of hydrogen-bond acceptors (Lipinski definition) is 7. The van der Waals surface area contributed by atoms with Crippen molar-refractivity contribution in [3.63, 3.8) is 0 Å². The number of methoxy groups -OCH3 is 2. The molecule has 0 saturated carbocycles. The van der Waals surface area contributed by atoms with Gasteiger partial charge in [0, 0.05) is 33.2 Å². The Morgan fingerprint density at radius 2 is 1.29 bits per heavy atom. The summed E-state index contributed by atoms with van der Waals surface area (Å²) in [6, 6.07) is 0. The van der Waals surface area contributed by atoms with Crippen molar-refractivity contribution >= 4 is 11.9 Å². The molecule has 2 atom stereocenters. The summed E-state index contributed by atoms with van der Waals surface area (Å²) in [5.41, 5.74) is 5.14. The highest BCUT2D eigenvalue weighted by Crippen LogP contribution is 2.07. The molecule has 0 radical (unpaired) electrons. The highest BCUT2D eigenvalue weighted by atomic mass is 16.5. The van der Waals surface area contributed by atoms with Crippen molar-refractivity contribution in [1.82, 2.24) is 5.32 Å². The summed E-state index contributed by atoms with van der Waals surface area (Å²) < 4.78 is 19.8. The number of unbranched alkanes of at least 4 members (excludes halogenated alkanes) is 2. The van der Waals surface area contributed by atoms with E-state index in [2.05, 4.69) is 19.2 Å². The molecule has 9 nitrogen and oxygen atoms in total. The maximum absolute atomic E-state index is 11.5. The minimum absolute atomic E-state index is 0. The third-order valence-electron chi connectivity index (χ3n) is 4.52. The molecule has 0 heterocycles. The van der Waals surface area contributed by atoms with E-state index in [4.69, 9.17) is 29.8 Å². The highest BCUT2D eigenvalue weighted by molar-refractivity contribution is 5.78. The van der Waals surface area contributed by atoms with Crippen molar-refractivity contribution in [2.24, 2.45) is 17.6 Å². The molecule has 34 heavy (non-hydrogen) atoms. The summed E-state index contributed by atoms with van der Waals surface area (Å²) in [4.78, 5) is 21.8. The van der Waals surface area contributed by atoms with E-state index in [9.17, 15) is 9.59 Å². The van der Waals surface area contributed by atoms with Crippen molar-refractivity contribution < 1.29 is 33.6 Å². The second kappa shape index (κ2) is 33.9. The highest BCUT2D eigenvalue weighted by Gasteiger charge is 2.10. The number of aliphatic carboxylic acids is 1. The molecule has 0 aliphatic rings. The molecular weight excluding hydrogens is 440 g/mol. The van der Waals surface area contributed by atoms with Crippen LogP contribution in [0.4, 0.5) is 0 Å². The maximum Gasteiger partial charge on any atom is 0.306 e. The quantitative estimate of drug-likeness (QED) is 0.231. The molecule has 0 aromatic carbocycles. The second-order valence-corrected chi connectivity index (χ2v) is 7.71. The number of hydrogen-bond donors (Lipinski definition) is 3. The van der Waals surface area contributed by atoms with Crippen LogP contribution in [0.3, 0.4) is 0 Å². The van der Waals surface area contributed by atoms with E-state index in [1.165, 1.54) is 0 Å². The van der Waals surface area contributed by atoms with Crippen LogP contribution in [0.5, 0.6) is 0 Å². The first kappa shape index (κ1) is 39.9. The number of ether oxygens (including phenoxy) is 4. The van der Waals surface area contributed by atoms with Crippen LogP contribution in [0.15, 0.2) is 0 Å². The molecule has 208 valence electrons. The van der Waals surface area contributed by atoms with Crippen LogP contribution in [-0.4, -0.2) is 83.9 Å². The fourth-order valence-electron chi connectivity index (χ4n) is 2.27. The van der Waals surface area contributed by atoms with Gasteiger partial charge in [0.25, 0.3) is 0 Å². The minimum Gasteiger partial charge on any atom is -0.481 e. The smallest absolute Gasteiger partial charge is 0.306 e. The van der Waals surface area contributed by atoms with Gasteiger partial charge in [0.2, 0.25) is 5.91 Å². The molecule has 0 aliphatic heterocycles. The van der Waals surface area contributed by atoms with Crippen LogP contribution in [-0.2, 0) is 28.5 Å². The number of amides is 1. The van der Waals surface area contributed by atoms with E-state index in [0.29, 0.717) is 52.7 Å². The van der Waals surface area contributed by atoms with Gasteiger partial charge in [-0.1, -0.05) is 60.8 Å². The van der Waals surface area contributed by atoms with E-state index in [1.54, 1.807) is 21.1 Å². The number of carboxylic acid groups (broad SMARTS) is 1. The summed E-state index contributed by atoms with van der Waals surface area (Å²) >= 11 is 0. The van der Waals surface area contributed by atoms with Gasteiger partial charge in [0.05, 0.1) is 45.6 Å². The predicted octanol–water partition coefficient (Wildman–Crippen LogP) is 3.73. The van der Waals surface area contributed by atoms with Crippen molar-refractivity contribution in [2.45, 2.75) is 73.6 Å². The van der Waals surface area contributed by atoms with Gasteiger partial charge >= 0.3 is 5.97 Å². The Hall–Kier alpha value is -1.26. The third kappa shape index (κ3) is 35.3. The number of carboxylic acids is 1. The lowest BCUT2D eigenvalue weighted by Gasteiger charge is -2.11. The molecule has 0 aromatic rings. The van der Waals surface area contributed by atoms with Crippen LogP contribution >= 0.6 is 0 Å². The molecule has 0 aromatic heterocycles. The molecule has 4 N–H and O–H groups in total. The first-order chi connectivity index (χ1) is 15.8. The normalized spacial score (nSPS) is 11.6. The Bertz CT molecular complexity index is 407. The monoisotopic (exact) mass is 496 g/mol. The lowest BCUT2D eigenvalue weighted by Crippen LogP contribution is -2.32. The summed E-state index contributed by atoms with van der Waals surface area (Å²) in [5.74, 6) is -0.601. The largest absolute Gasteiger partial charge is 0.481 e. The first-order valence-corrected chi connectivity index (χ1v) is 12.2. The van der Waals surface area contributed by atoms with E-state index in [1.807, 2.05) is 6.92 Å². The van der Waals surface area contributed by atoms with E-state index in [0.717, 1.165) is 38.5 Å². The second-order valence-electron chi connectivity index (χ2n) is 7.71. The molecule has 0 rings (SSSR count). The van der Waals surface area contributed by atoms with E-state index >= 15 is 0 Å². The van der Waals surface area contributed by atoms with Crippen molar-refractivity contribution in [3.05, 3.63) is 0 Å². The lowest BCUT2D eigenvalue weighted by molar-refractivity contribution is -0.141. The summed E-state index contributed by atoms with van der Waals surface area (Å²) in [5, 5.41) is 11.3. The number of rotatable bonds is 19. The van der Waals surface area contributed by atoms with Crippen LogP contribution in [0.1, 0.15) is 73.6 Å². The van der Waals surface area contributed by atoms with Crippen molar-refractivity contribution in [2.75, 3.05) is 67.0 Å². The Labute approximate surface area is 209 Å². The van der Waals surface area contributed by atoms with Gasteiger partial charge in [-0.3, -0.25) is 9.59 Å². The molecule has 9 heteroatoms. The molecule has 0 fully saturated rings. The molecule has 2 unspecified atom stereocenters. The summed E-state index contributed by atoms with van der Waals surface area (Å²) in [7, 11) is 3.28. The number of nitrogens with one attached hydrogen (secondary N) is 1. The fraction of sp³-hybridized carbons (Fsp3) is 0.920. The van der Waals surface area contributed by atoms with Gasteiger partial charge in [-0.05, 0) is 12.8 Å². The van der Waals surface area contributed by atoms with Gasteiger partial charge < -0.3 is 35.1 Å². The van der Waals surface area contributed by atoms with Crippen LogP contribution in [0, 0.1) is 11.8 Å². The van der Waals surface area contributed by atoms with Gasteiger partial charge in [0.15, 0.2) is 0 Å². The molecule has 0 bridgehead atoms. The van der Waals surface area contributed by atoms with E-state index < -0.39 is 5.97 Å². The predicted molar refractivity (Wildman–Crippen MR) is 139 cm³/mol. The van der Waals surface area contributed by atoms with Gasteiger partial charge in [0.1, 0.15) is 0 Å². The van der Waals surface area contributed by atoms with E-state index in [-0.39, 0.29) is 25.2 Å². The first-order valence-electron chi connectivity index (χ1n) is 12.2.